The van der Waals surface area contributed by atoms with Crippen LogP contribution in [0.2, 0.25) is 5.02 Å². The summed E-state index contributed by atoms with van der Waals surface area (Å²) >= 11 is 5.52. The van der Waals surface area contributed by atoms with Crippen LogP contribution < -0.4 is 0 Å². The van der Waals surface area contributed by atoms with E-state index >= 15 is 0 Å². The number of esters is 1. The molecule has 0 saturated carbocycles. The molecule has 0 saturated heterocycles. The summed E-state index contributed by atoms with van der Waals surface area (Å²) in [6.07, 6.45) is 0.696. The van der Waals surface area contributed by atoms with Crippen molar-refractivity contribution in [1.29, 1.82) is 0 Å². The maximum absolute atomic E-state index is 12.9. The van der Waals surface area contributed by atoms with E-state index in [1.54, 1.807) is 6.92 Å². The van der Waals surface area contributed by atoms with Crippen molar-refractivity contribution in [2.45, 2.75) is 6.92 Å². The van der Waals surface area contributed by atoms with Crippen LogP contribution in [0.4, 0.5) is 4.39 Å². The van der Waals surface area contributed by atoms with E-state index in [4.69, 9.17) is 11.6 Å². The number of ketones is 1. The molecule has 0 radical (unpaired) electrons. The summed E-state index contributed by atoms with van der Waals surface area (Å²) in [5.41, 5.74) is 0.124. The minimum absolute atomic E-state index is 0. The summed E-state index contributed by atoms with van der Waals surface area (Å²) in [6, 6.07) is 3.41. The Kier molecular flexibility index (Phi) is 7.46. The Hall–Kier alpha value is -1.28. The Labute approximate surface area is 126 Å². The minimum atomic E-state index is -1.07. The normalized spacial score (nSPS) is 10.6. The summed E-state index contributed by atoms with van der Waals surface area (Å²) in [5.74, 6) is -3.22. The molecule has 0 aromatic heterocycles. The van der Waals surface area contributed by atoms with Gasteiger partial charge in [-0.25, -0.2) is 9.18 Å². The molecule has 0 bridgehead atoms. The van der Waals surface area contributed by atoms with E-state index in [9.17, 15) is 19.1 Å². The zero-order valence-corrected chi connectivity index (χ0v) is 10.2. The van der Waals surface area contributed by atoms with Crippen molar-refractivity contribution in [3.8, 4) is 0 Å². The van der Waals surface area contributed by atoms with Crippen molar-refractivity contribution >= 4 is 48.0 Å². The van der Waals surface area contributed by atoms with E-state index in [0.29, 0.717) is 6.08 Å². The number of benzene rings is 1. The van der Waals surface area contributed by atoms with Crippen molar-refractivity contribution in [3.05, 3.63) is 40.7 Å². The molecule has 98 valence electrons. The van der Waals surface area contributed by atoms with Gasteiger partial charge in [-0.05, 0) is 25.1 Å². The van der Waals surface area contributed by atoms with Gasteiger partial charge < -0.3 is 9.84 Å². The first kappa shape index (κ1) is 17.7. The SMILES string of the molecule is CCOC(=O)C(=O)C=C(O)c1ccc(F)c(Cl)c1.[LiH]. The molecule has 0 heterocycles. The van der Waals surface area contributed by atoms with Gasteiger partial charge in [-0.3, -0.25) is 4.79 Å². The Morgan fingerprint density at radius 3 is 2.63 bits per heavy atom. The summed E-state index contributed by atoms with van der Waals surface area (Å²) in [5, 5.41) is 9.38. The molecule has 7 heteroatoms. The van der Waals surface area contributed by atoms with E-state index < -0.39 is 23.3 Å². The Balaban J connectivity index is 0.00000324. The van der Waals surface area contributed by atoms with Gasteiger partial charge in [0.25, 0.3) is 5.78 Å². The van der Waals surface area contributed by atoms with Gasteiger partial charge in [-0.2, -0.15) is 0 Å². The molecule has 0 fully saturated rings. The zero-order valence-electron chi connectivity index (χ0n) is 9.44. The Morgan fingerprint density at radius 1 is 1.47 bits per heavy atom. The monoisotopic (exact) mass is 280 g/mol. The van der Waals surface area contributed by atoms with Crippen LogP contribution >= 0.6 is 11.6 Å². The second-order valence-corrected chi connectivity index (χ2v) is 3.65. The third-order valence-electron chi connectivity index (χ3n) is 1.96. The molecule has 0 amide bonds. The standard InChI is InChI=1S/C12H10ClFO4.Li.H/c1-2-18-12(17)11(16)6-10(15)7-3-4-9(14)8(13)5-7;;/h3-6,15H,2H2,1H3;;. The molecule has 0 unspecified atom stereocenters. The van der Waals surface area contributed by atoms with Crippen molar-refractivity contribution in [2.75, 3.05) is 6.61 Å². The van der Waals surface area contributed by atoms with Gasteiger partial charge in [0.15, 0.2) is 0 Å². The molecule has 1 aromatic rings. The van der Waals surface area contributed by atoms with Crippen LogP contribution in [-0.2, 0) is 14.3 Å². The van der Waals surface area contributed by atoms with Gasteiger partial charge in [0.05, 0.1) is 11.6 Å². The predicted octanol–water partition coefficient (Wildman–Crippen LogP) is 1.86. The summed E-state index contributed by atoms with van der Waals surface area (Å²) in [7, 11) is 0. The first-order valence-electron chi connectivity index (χ1n) is 5.03. The number of ether oxygens (including phenoxy) is 1. The molecule has 19 heavy (non-hydrogen) atoms. The van der Waals surface area contributed by atoms with Crippen LogP contribution in [0.3, 0.4) is 0 Å². The molecule has 0 aliphatic rings. The molecule has 0 aliphatic carbocycles. The fraction of sp³-hybridized carbons (Fsp3) is 0.167. The molecular weight excluding hydrogens is 270 g/mol. The number of hydrogen-bond acceptors (Lipinski definition) is 4. The van der Waals surface area contributed by atoms with Crippen LogP contribution in [0.25, 0.3) is 5.76 Å². The van der Waals surface area contributed by atoms with Crippen molar-refractivity contribution in [2.24, 2.45) is 0 Å². The zero-order chi connectivity index (χ0) is 13.7. The summed E-state index contributed by atoms with van der Waals surface area (Å²) < 4.78 is 17.3. The van der Waals surface area contributed by atoms with Crippen LogP contribution in [0, 0.1) is 5.82 Å². The van der Waals surface area contributed by atoms with E-state index in [0.717, 1.165) is 12.1 Å². The molecule has 0 spiro atoms. The first-order valence-corrected chi connectivity index (χ1v) is 5.40. The quantitative estimate of drug-likeness (QED) is 0.301. The summed E-state index contributed by atoms with van der Waals surface area (Å²) in [6.45, 7) is 1.61. The van der Waals surface area contributed by atoms with Gasteiger partial charge in [-0.1, -0.05) is 11.6 Å². The van der Waals surface area contributed by atoms with Crippen molar-refractivity contribution < 1.29 is 23.8 Å². The van der Waals surface area contributed by atoms with E-state index in [2.05, 4.69) is 4.74 Å². The maximum atomic E-state index is 12.9. The fourth-order valence-corrected chi connectivity index (χ4v) is 1.30. The average molecular weight is 281 g/mol. The third-order valence-corrected chi connectivity index (χ3v) is 2.25. The third kappa shape index (κ3) is 5.07. The Morgan fingerprint density at radius 2 is 2.11 bits per heavy atom. The van der Waals surface area contributed by atoms with E-state index in [1.807, 2.05) is 0 Å². The second-order valence-electron chi connectivity index (χ2n) is 3.24. The van der Waals surface area contributed by atoms with E-state index in [1.165, 1.54) is 6.07 Å². The van der Waals surface area contributed by atoms with Crippen molar-refractivity contribution in [1.82, 2.24) is 0 Å². The second kappa shape index (κ2) is 8.00. The molecule has 1 N–H and O–H groups in total. The predicted molar refractivity (Wildman–Crippen MR) is 70.8 cm³/mol. The van der Waals surface area contributed by atoms with Gasteiger partial charge in [0, 0.05) is 11.6 Å². The van der Waals surface area contributed by atoms with Crippen LogP contribution in [-0.4, -0.2) is 42.3 Å². The van der Waals surface area contributed by atoms with Gasteiger partial charge in [0.1, 0.15) is 11.6 Å². The van der Waals surface area contributed by atoms with E-state index in [-0.39, 0.29) is 36.1 Å². The number of hydrogen-bond donors (Lipinski definition) is 1. The first-order chi connectivity index (χ1) is 8.45. The van der Waals surface area contributed by atoms with Crippen LogP contribution in [0.15, 0.2) is 24.3 Å². The summed E-state index contributed by atoms with van der Waals surface area (Å²) in [4.78, 5) is 22.3. The molecule has 1 rings (SSSR count). The fourth-order valence-electron chi connectivity index (χ4n) is 1.12. The number of rotatable bonds is 4. The number of aliphatic hydroxyl groups excluding tert-OH is 1. The topological polar surface area (TPSA) is 63.6 Å². The van der Waals surface area contributed by atoms with Gasteiger partial charge in [0.2, 0.25) is 0 Å². The van der Waals surface area contributed by atoms with Crippen LogP contribution in [0.1, 0.15) is 12.5 Å². The Bertz CT molecular complexity index is 516. The molecule has 4 nitrogen and oxygen atoms in total. The average Bonchev–Trinajstić information content (AvgIpc) is 2.32. The van der Waals surface area contributed by atoms with Crippen LogP contribution in [0.5, 0.6) is 0 Å². The number of carbonyl (C=O) groups excluding carboxylic acids is 2. The van der Waals surface area contributed by atoms with Gasteiger partial charge in [-0.15, -0.1) is 0 Å². The molecular formula is C12H11ClFLiO4. The van der Waals surface area contributed by atoms with Gasteiger partial charge >= 0.3 is 24.8 Å². The molecule has 0 aliphatic heterocycles. The number of aliphatic hydroxyl groups is 1. The molecule has 0 atom stereocenters. The molecule has 1 aromatic carbocycles. The van der Waals surface area contributed by atoms with Crippen molar-refractivity contribution in [3.63, 3.8) is 0 Å². The number of carbonyl (C=O) groups is 2. The number of halogens is 2.